The Kier molecular flexibility index (Phi) is 3.90. The van der Waals surface area contributed by atoms with E-state index in [0.717, 1.165) is 32.2 Å². The Morgan fingerprint density at radius 1 is 1.62 bits per heavy atom. The van der Waals surface area contributed by atoms with Crippen LogP contribution in [-0.2, 0) is 14.3 Å². The fourth-order valence-corrected chi connectivity index (χ4v) is 1.61. The topological polar surface area (TPSA) is 55.4 Å². The molecule has 1 heterocycles. The molecule has 0 fully saturated rings. The summed E-state index contributed by atoms with van der Waals surface area (Å²) in [5.41, 5.74) is 1.28. The van der Waals surface area contributed by atoms with Crippen molar-refractivity contribution in [3.63, 3.8) is 0 Å². The zero-order valence-corrected chi connectivity index (χ0v) is 8.56. The predicted molar refractivity (Wildman–Crippen MR) is 51.0 cm³/mol. The highest BCUT2D eigenvalue weighted by Crippen LogP contribution is 2.09. The highest BCUT2D eigenvalue weighted by molar-refractivity contribution is 7.85. The van der Waals surface area contributed by atoms with Gasteiger partial charge in [-0.3, -0.25) is 4.18 Å². The van der Waals surface area contributed by atoms with E-state index < -0.39 is 10.1 Å². The molecule has 1 aliphatic heterocycles. The molecule has 0 aromatic carbocycles. The van der Waals surface area contributed by atoms with Crippen LogP contribution < -0.4 is 5.32 Å². The van der Waals surface area contributed by atoms with Crippen molar-refractivity contribution in [2.24, 2.45) is 0 Å². The lowest BCUT2D eigenvalue weighted by atomic mass is 10.1. The minimum Gasteiger partial charge on any atom is -0.313 e. The first-order valence-electron chi connectivity index (χ1n) is 4.31. The number of hydrogen-bond acceptors (Lipinski definition) is 4. The minimum atomic E-state index is -3.27. The molecule has 1 N–H and O–H groups in total. The van der Waals surface area contributed by atoms with Crippen LogP contribution >= 0.6 is 0 Å². The van der Waals surface area contributed by atoms with E-state index in [1.807, 2.05) is 0 Å². The second-order valence-electron chi connectivity index (χ2n) is 3.09. The molecule has 1 aliphatic rings. The Bertz CT molecular complexity index is 282. The summed E-state index contributed by atoms with van der Waals surface area (Å²) in [4.78, 5) is 0. The van der Waals surface area contributed by atoms with Gasteiger partial charge in [0.25, 0.3) is 10.1 Å². The molecule has 4 nitrogen and oxygen atoms in total. The van der Waals surface area contributed by atoms with Crippen molar-refractivity contribution in [1.29, 1.82) is 0 Å². The zero-order chi connectivity index (χ0) is 9.73. The van der Waals surface area contributed by atoms with Gasteiger partial charge in [-0.2, -0.15) is 8.42 Å². The molecule has 76 valence electrons. The van der Waals surface area contributed by atoms with Gasteiger partial charge in [0.1, 0.15) is 0 Å². The Hall–Kier alpha value is -0.390. The maximum absolute atomic E-state index is 10.6. The molecule has 0 saturated carbocycles. The fourth-order valence-electron chi connectivity index (χ4n) is 1.22. The Labute approximate surface area is 79.1 Å². The highest BCUT2D eigenvalue weighted by atomic mass is 32.2. The van der Waals surface area contributed by atoms with Crippen LogP contribution in [0.2, 0.25) is 0 Å². The molecule has 0 unspecified atom stereocenters. The van der Waals surface area contributed by atoms with Gasteiger partial charge in [-0.1, -0.05) is 11.6 Å². The second-order valence-corrected chi connectivity index (χ2v) is 4.74. The summed E-state index contributed by atoms with van der Waals surface area (Å²) in [6.45, 7) is 2.13. The van der Waals surface area contributed by atoms with Crippen molar-refractivity contribution in [2.75, 3.05) is 26.0 Å². The van der Waals surface area contributed by atoms with Crippen LogP contribution in [0.15, 0.2) is 11.6 Å². The lowest BCUT2D eigenvalue weighted by molar-refractivity contribution is 0.323. The van der Waals surface area contributed by atoms with E-state index in [1.165, 1.54) is 5.57 Å². The maximum atomic E-state index is 10.6. The van der Waals surface area contributed by atoms with Crippen molar-refractivity contribution in [1.82, 2.24) is 5.32 Å². The molecule has 0 aromatic rings. The molecule has 5 heteroatoms. The third kappa shape index (κ3) is 5.02. The van der Waals surface area contributed by atoms with E-state index in [4.69, 9.17) is 0 Å². The number of rotatable bonds is 4. The molecule has 0 aliphatic carbocycles. The molecule has 0 saturated heterocycles. The second kappa shape index (κ2) is 4.74. The molecular formula is C8H15NO3S. The summed E-state index contributed by atoms with van der Waals surface area (Å²) < 4.78 is 25.9. The first-order chi connectivity index (χ1) is 6.08. The van der Waals surface area contributed by atoms with Gasteiger partial charge in [0.2, 0.25) is 0 Å². The summed E-state index contributed by atoms with van der Waals surface area (Å²) in [5.74, 6) is 0. The maximum Gasteiger partial charge on any atom is 0.264 e. The smallest absolute Gasteiger partial charge is 0.264 e. The SMILES string of the molecule is CS(=O)(=O)OCCC1=CCNCC1. The summed E-state index contributed by atoms with van der Waals surface area (Å²) in [5, 5.41) is 3.19. The lowest BCUT2D eigenvalue weighted by Crippen LogP contribution is -2.21. The van der Waals surface area contributed by atoms with E-state index in [9.17, 15) is 8.42 Å². The predicted octanol–water partition coefficient (Wildman–Crippen LogP) is 0.272. The van der Waals surface area contributed by atoms with E-state index >= 15 is 0 Å². The Balaban J connectivity index is 2.22. The summed E-state index contributed by atoms with van der Waals surface area (Å²) in [7, 11) is -3.27. The molecule has 0 radical (unpaired) electrons. The van der Waals surface area contributed by atoms with Crippen LogP contribution in [0.3, 0.4) is 0 Å². The van der Waals surface area contributed by atoms with Gasteiger partial charge < -0.3 is 5.32 Å². The third-order valence-electron chi connectivity index (χ3n) is 1.88. The van der Waals surface area contributed by atoms with Gasteiger partial charge in [-0.25, -0.2) is 0 Å². The normalized spacial score (nSPS) is 18.4. The zero-order valence-electron chi connectivity index (χ0n) is 7.75. The average Bonchev–Trinajstić information content (AvgIpc) is 2.04. The Morgan fingerprint density at radius 3 is 2.92 bits per heavy atom. The fraction of sp³-hybridized carbons (Fsp3) is 0.750. The third-order valence-corrected chi connectivity index (χ3v) is 2.47. The van der Waals surface area contributed by atoms with Crippen molar-refractivity contribution in [3.05, 3.63) is 11.6 Å². The van der Waals surface area contributed by atoms with E-state index in [-0.39, 0.29) is 6.61 Å². The molecule has 0 atom stereocenters. The highest BCUT2D eigenvalue weighted by Gasteiger charge is 2.05. The van der Waals surface area contributed by atoms with Gasteiger partial charge in [-0.15, -0.1) is 0 Å². The van der Waals surface area contributed by atoms with Crippen LogP contribution in [0.5, 0.6) is 0 Å². The molecular weight excluding hydrogens is 190 g/mol. The van der Waals surface area contributed by atoms with Crippen molar-refractivity contribution in [3.8, 4) is 0 Å². The van der Waals surface area contributed by atoms with Crippen LogP contribution in [0.1, 0.15) is 12.8 Å². The van der Waals surface area contributed by atoms with Gasteiger partial charge in [0.15, 0.2) is 0 Å². The summed E-state index contributed by atoms with van der Waals surface area (Å²) >= 11 is 0. The first-order valence-corrected chi connectivity index (χ1v) is 6.12. The minimum absolute atomic E-state index is 0.269. The van der Waals surface area contributed by atoms with Gasteiger partial charge >= 0.3 is 0 Å². The summed E-state index contributed by atoms with van der Waals surface area (Å²) in [6.07, 6.45) is 4.88. The van der Waals surface area contributed by atoms with Crippen LogP contribution in [-0.4, -0.2) is 34.4 Å². The van der Waals surface area contributed by atoms with Gasteiger partial charge in [0, 0.05) is 6.54 Å². The van der Waals surface area contributed by atoms with Crippen LogP contribution in [0, 0.1) is 0 Å². The molecule has 1 rings (SSSR count). The quantitative estimate of drug-likeness (QED) is 0.529. The van der Waals surface area contributed by atoms with Crippen molar-refractivity contribution >= 4 is 10.1 Å². The van der Waals surface area contributed by atoms with E-state index in [0.29, 0.717) is 0 Å². The first kappa shape index (κ1) is 10.7. The van der Waals surface area contributed by atoms with E-state index in [1.54, 1.807) is 0 Å². The van der Waals surface area contributed by atoms with Gasteiger partial charge in [-0.05, 0) is 19.4 Å². The Morgan fingerprint density at radius 2 is 2.38 bits per heavy atom. The van der Waals surface area contributed by atoms with E-state index in [2.05, 4.69) is 15.6 Å². The molecule has 0 spiro atoms. The lowest BCUT2D eigenvalue weighted by Gasteiger charge is -2.13. The monoisotopic (exact) mass is 205 g/mol. The largest absolute Gasteiger partial charge is 0.313 e. The number of hydrogen-bond donors (Lipinski definition) is 1. The average molecular weight is 205 g/mol. The molecule has 0 amide bonds. The van der Waals surface area contributed by atoms with Crippen LogP contribution in [0.25, 0.3) is 0 Å². The van der Waals surface area contributed by atoms with Gasteiger partial charge in [0.05, 0.1) is 12.9 Å². The van der Waals surface area contributed by atoms with Crippen LogP contribution in [0.4, 0.5) is 0 Å². The van der Waals surface area contributed by atoms with Crippen molar-refractivity contribution in [2.45, 2.75) is 12.8 Å². The molecule has 0 aromatic heterocycles. The molecule has 13 heavy (non-hydrogen) atoms. The summed E-state index contributed by atoms with van der Waals surface area (Å²) in [6, 6.07) is 0. The number of nitrogens with one attached hydrogen (secondary N) is 1. The molecule has 0 bridgehead atoms. The standard InChI is InChI=1S/C8H15NO3S/c1-13(10,11)12-7-4-8-2-5-9-6-3-8/h2,9H,3-7H2,1H3. The van der Waals surface area contributed by atoms with Crippen molar-refractivity contribution < 1.29 is 12.6 Å².